The first-order chi connectivity index (χ1) is 9.04. The molecular weight excluding hydrogens is 262 g/mol. The molecule has 3 atom stereocenters. The van der Waals surface area contributed by atoms with E-state index in [9.17, 15) is 9.59 Å². The van der Waals surface area contributed by atoms with Crippen molar-refractivity contribution < 1.29 is 23.8 Å². The number of ether oxygens (including phenoxy) is 3. The fraction of sp³-hybridized carbons (Fsp3) is 0.857. The van der Waals surface area contributed by atoms with Crippen LogP contribution in [0.15, 0.2) is 0 Å². The number of primary amides is 1. The third kappa shape index (κ3) is 5.09. The van der Waals surface area contributed by atoms with Crippen LogP contribution in [-0.2, 0) is 23.8 Å². The first-order valence-corrected chi connectivity index (χ1v) is 6.91. The first kappa shape index (κ1) is 16.9. The zero-order valence-electron chi connectivity index (χ0n) is 12.9. The monoisotopic (exact) mass is 287 g/mol. The molecule has 1 fully saturated rings. The normalized spacial score (nSPS) is 30.9. The van der Waals surface area contributed by atoms with E-state index >= 15 is 0 Å². The fourth-order valence-corrected chi connectivity index (χ4v) is 2.05. The highest BCUT2D eigenvalue weighted by molar-refractivity contribution is 5.79. The molecule has 0 spiro atoms. The maximum Gasteiger partial charge on any atom is 0.308 e. The molecule has 0 saturated carbocycles. The molecule has 0 aromatic carbocycles. The second-order valence-corrected chi connectivity index (χ2v) is 6.26. The van der Waals surface area contributed by atoms with Gasteiger partial charge >= 0.3 is 5.97 Å². The van der Waals surface area contributed by atoms with E-state index in [4.69, 9.17) is 19.9 Å². The minimum Gasteiger partial charge on any atom is -0.460 e. The number of hydrogen-bond acceptors (Lipinski definition) is 5. The van der Waals surface area contributed by atoms with Crippen LogP contribution in [0.25, 0.3) is 0 Å². The van der Waals surface area contributed by atoms with Crippen LogP contribution in [-0.4, -0.2) is 35.5 Å². The summed E-state index contributed by atoms with van der Waals surface area (Å²) in [5, 5.41) is 0. The lowest BCUT2D eigenvalue weighted by Gasteiger charge is -2.41. The highest BCUT2D eigenvalue weighted by atomic mass is 16.7. The van der Waals surface area contributed by atoms with Crippen molar-refractivity contribution in [1.29, 1.82) is 0 Å². The van der Waals surface area contributed by atoms with Crippen LogP contribution >= 0.6 is 0 Å². The van der Waals surface area contributed by atoms with E-state index in [0.29, 0.717) is 6.42 Å². The fourth-order valence-electron chi connectivity index (χ4n) is 2.05. The molecule has 1 saturated heterocycles. The molecule has 0 aliphatic carbocycles. The Morgan fingerprint density at radius 3 is 2.40 bits per heavy atom. The van der Waals surface area contributed by atoms with Crippen LogP contribution in [0.3, 0.4) is 0 Å². The molecule has 20 heavy (non-hydrogen) atoms. The van der Waals surface area contributed by atoms with E-state index in [1.807, 2.05) is 6.92 Å². The average Bonchev–Trinajstić information content (AvgIpc) is 2.25. The second-order valence-electron chi connectivity index (χ2n) is 6.26. The minimum absolute atomic E-state index is 0.0833. The van der Waals surface area contributed by atoms with E-state index in [2.05, 4.69) is 0 Å². The van der Waals surface area contributed by atoms with Gasteiger partial charge in [-0.25, -0.2) is 0 Å². The Labute approximate surface area is 119 Å². The third-order valence-electron chi connectivity index (χ3n) is 3.06. The van der Waals surface area contributed by atoms with Crippen molar-refractivity contribution in [1.82, 2.24) is 0 Å². The van der Waals surface area contributed by atoms with Gasteiger partial charge in [0.2, 0.25) is 5.91 Å². The lowest BCUT2D eigenvalue weighted by Crippen LogP contribution is -2.51. The van der Waals surface area contributed by atoms with Gasteiger partial charge in [-0.2, -0.15) is 0 Å². The summed E-state index contributed by atoms with van der Waals surface area (Å²) >= 11 is 0. The largest absolute Gasteiger partial charge is 0.460 e. The molecule has 0 aromatic heterocycles. The van der Waals surface area contributed by atoms with Crippen molar-refractivity contribution in [3.05, 3.63) is 0 Å². The van der Waals surface area contributed by atoms with E-state index < -0.39 is 29.5 Å². The molecule has 6 nitrogen and oxygen atoms in total. The van der Waals surface area contributed by atoms with Crippen LogP contribution < -0.4 is 5.73 Å². The molecule has 6 heteroatoms. The highest BCUT2D eigenvalue weighted by Gasteiger charge is 2.41. The van der Waals surface area contributed by atoms with Crippen LogP contribution in [0, 0.1) is 0 Å². The predicted octanol–water partition coefficient (Wildman–Crippen LogP) is 1.50. The average molecular weight is 287 g/mol. The van der Waals surface area contributed by atoms with Gasteiger partial charge in [0.15, 0.2) is 5.79 Å². The van der Waals surface area contributed by atoms with Crippen molar-refractivity contribution in [2.45, 2.75) is 77.5 Å². The van der Waals surface area contributed by atoms with Crippen molar-refractivity contribution in [2.75, 3.05) is 0 Å². The lowest BCUT2D eigenvalue weighted by atomic mass is 10.0. The van der Waals surface area contributed by atoms with Gasteiger partial charge in [0.1, 0.15) is 11.7 Å². The smallest absolute Gasteiger partial charge is 0.308 e. The second kappa shape index (κ2) is 6.10. The Kier molecular flexibility index (Phi) is 5.15. The van der Waals surface area contributed by atoms with E-state index in [1.165, 1.54) is 0 Å². The molecule has 1 aliphatic rings. The minimum atomic E-state index is -0.898. The number of amides is 1. The van der Waals surface area contributed by atoms with Crippen LogP contribution in [0.1, 0.15) is 53.9 Å². The number of esters is 1. The maximum atomic E-state index is 11.8. The standard InChI is InChI=1S/C14H25NO5/c1-6-14(5)18-9(7-10(19-14)12(15)17)8-11(16)20-13(2,3)4/h9-10H,6-8H2,1-5H3,(H2,15,17)/t9-,10+,14?/m1/s1. The quantitative estimate of drug-likeness (QED) is 0.792. The van der Waals surface area contributed by atoms with Gasteiger partial charge in [-0.15, -0.1) is 0 Å². The van der Waals surface area contributed by atoms with Crippen LogP contribution in [0.2, 0.25) is 0 Å². The van der Waals surface area contributed by atoms with Gasteiger partial charge in [-0.05, 0) is 34.1 Å². The van der Waals surface area contributed by atoms with Crippen molar-refractivity contribution >= 4 is 11.9 Å². The molecule has 0 bridgehead atoms. The first-order valence-electron chi connectivity index (χ1n) is 6.91. The van der Waals surface area contributed by atoms with Gasteiger partial charge in [-0.3, -0.25) is 9.59 Å². The SMILES string of the molecule is CCC1(C)O[C@@H](CC(=O)OC(C)(C)C)C[C@@H](C(N)=O)O1. The van der Waals surface area contributed by atoms with E-state index in [1.54, 1.807) is 27.7 Å². The summed E-state index contributed by atoms with van der Waals surface area (Å²) in [7, 11) is 0. The molecular formula is C14H25NO5. The summed E-state index contributed by atoms with van der Waals surface area (Å²) < 4.78 is 16.6. The Balaban J connectivity index is 2.69. The van der Waals surface area contributed by atoms with Gasteiger partial charge in [-0.1, -0.05) is 6.92 Å². The summed E-state index contributed by atoms with van der Waals surface area (Å²) in [5.41, 5.74) is 4.76. The van der Waals surface area contributed by atoms with Gasteiger partial charge in [0, 0.05) is 6.42 Å². The highest BCUT2D eigenvalue weighted by Crippen LogP contribution is 2.31. The molecule has 1 aliphatic heterocycles. The van der Waals surface area contributed by atoms with Gasteiger partial charge in [0.05, 0.1) is 12.5 Å². The number of hydrogen-bond donors (Lipinski definition) is 1. The predicted molar refractivity (Wildman–Crippen MR) is 72.7 cm³/mol. The van der Waals surface area contributed by atoms with Crippen molar-refractivity contribution in [3.8, 4) is 0 Å². The maximum absolute atomic E-state index is 11.8. The van der Waals surface area contributed by atoms with E-state index in [-0.39, 0.29) is 18.8 Å². The molecule has 1 unspecified atom stereocenters. The van der Waals surface area contributed by atoms with Gasteiger partial charge in [0.25, 0.3) is 0 Å². The number of rotatable bonds is 4. The molecule has 2 N–H and O–H groups in total. The Morgan fingerprint density at radius 2 is 1.95 bits per heavy atom. The number of carbonyl (C=O) groups excluding carboxylic acids is 2. The Hall–Kier alpha value is -1.14. The van der Waals surface area contributed by atoms with Gasteiger partial charge < -0.3 is 19.9 Å². The zero-order chi connectivity index (χ0) is 15.6. The third-order valence-corrected chi connectivity index (χ3v) is 3.06. The van der Waals surface area contributed by atoms with Crippen molar-refractivity contribution in [3.63, 3.8) is 0 Å². The lowest BCUT2D eigenvalue weighted by molar-refractivity contribution is -0.303. The Bertz CT molecular complexity index is 376. The number of carbonyl (C=O) groups is 2. The number of nitrogens with two attached hydrogens (primary N) is 1. The van der Waals surface area contributed by atoms with E-state index in [0.717, 1.165) is 0 Å². The zero-order valence-corrected chi connectivity index (χ0v) is 12.9. The van der Waals surface area contributed by atoms with Crippen molar-refractivity contribution in [2.24, 2.45) is 5.73 Å². The molecule has 1 rings (SSSR count). The summed E-state index contributed by atoms with van der Waals surface area (Å²) in [5.74, 6) is -1.79. The molecule has 116 valence electrons. The van der Waals surface area contributed by atoms with Crippen LogP contribution in [0.5, 0.6) is 0 Å². The molecule has 1 amide bonds. The summed E-state index contributed by atoms with van der Waals surface area (Å²) in [6, 6.07) is 0. The molecule has 0 radical (unpaired) electrons. The summed E-state index contributed by atoms with van der Waals surface area (Å²) in [6.45, 7) is 9.03. The molecule has 1 heterocycles. The Morgan fingerprint density at radius 1 is 1.35 bits per heavy atom. The summed E-state index contributed by atoms with van der Waals surface area (Å²) in [6.07, 6.45) is -0.256. The topological polar surface area (TPSA) is 87.9 Å². The van der Waals surface area contributed by atoms with Crippen LogP contribution in [0.4, 0.5) is 0 Å². The molecule has 0 aromatic rings. The summed E-state index contributed by atoms with van der Waals surface area (Å²) in [4.78, 5) is 23.2.